The van der Waals surface area contributed by atoms with E-state index >= 15 is 0 Å². The van der Waals surface area contributed by atoms with Gasteiger partial charge in [-0.1, -0.05) is 0 Å². The first kappa shape index (κ1) is 11.2. The summed E-state index contributed by atoms with van der Waals surface area (Å²) in [4.78, 5) is 24.8. The normalized spacial score (nSPS) is 37.0. The third-order valence-corrected chi connectivity index (χ3v) is 2.56. The van der Waals surface area contributed by atoms with E-state index in [4.69, 9.17) is 19.3 Å². The molecule has 2 heterocycles. The molecule has 0 aromatic heterocycles. The molecule has 0 aromatic carbocycles. The molecule has 2 saturated heterocycles. The van der Waals surface area contributed by atoms with E-state index in [2.05, 4.69) is 10.2 Å². The molecule has 0 radical (unpaired) electrons. The fourth-order valence-electron chi connectivity index (χ4n) is 1.90. The minimum atomic E-state index is -1.05. The molecule has 2 fully saturated rings. The van der Waals surface area contributed by atoms with Crippen molar-refractivity contribution in [1.82, 2.24) is 0 Å². The Morgan fingerprint density at radius 2 is 1.94 bits per heavy atom. The molecule has 90 valence electrons. The summed E-state index contributed by atoms with van der Waals surface area (Å²) >= 11 is 0. The maximum absolute atomic E-state index is 10.3. The van der Waals surface area contributed by atoms with Crippen LogP contribution in [-0.2, 0) is 23.8 Å². The standard InChI is InChI=1S/C8H11NO7/c10-6(11)3-13-4-1-14-8-5(16-9-12)2-15-7(4)8/h4-5,7-8H,1-3H2,(H,10,11)/t4-,5+,7+,8+/m0/s1. The van der Waals surface area contributed by atoms with Gasteiger partial charge in [-0.25, -0.2) is 4.79 Å². The lowest BCUT2D eigenvalue weighted by Gasteiger charge is -2.14. The number of hydrogen-bond acceptors (Lipinski definition) is 7. The summed E-state index contributed by atoms with van der Waals surface area (Å²) in [5.41, 5.74) is 0. The van der Waals surface area contributed by atoms with Crippen molar-refractivity contribution in [2.75, 3.05) is 19.8 Å². The van der Waals surface area contributed by atoms with Crippen LogP contribution in [0.4, 0.5) is 0 Å². The molecule has 0 amide bonds. The van der Waals surface area contributed by atoms with Gasteiger partial charge in [0.1, 0.15) is 24.9 Å². The lowest BCUT2D eigenvalue weighted by Crippen LogP contribution is -2.34. The van der Waals surface area contributed by atoms with Crippen molar-refractivity contribution in [1.29, 1.82) is 0 Å². The van der Waals surface area contributed by atoms with Gasteiger partial charge in [0.05, 0.1) is 13.2 Å². The number of fused-ring (bicyclic) bond motifs is 1. The molecule has 0 unspecified atom stereocenters. The maximum atomic E-state index is 10.3. The van der Waals surface area contributed by atoms with Crippen LogP contribution in [0.5, 0.6) is 0 Å². The van der Waals surface area contributed by atoms with Crippen molar-refractivity contribution in [3.05, 3.63) is 4.91 Å². The molecule has 1 N–H and O–H groups in total. The average Bonchev–Trinajstić information content (AvgIpc) is 2.79. The highest BCUT2D eigenvalue weighted by atomic mass is 16.8. The number of carboxylic acid groups (broad SMARTS) is 1. The molecule has 2 rings (SSSR count). The third kappa shape index (κ3) is 2.13. The molecule has 8 heteroatoms. The van der Waals surface area contributed by atoms with Gasteiger partial charge in [0.2, 0.25) is 0 Å². The molecule has 0 spiro atoms. The Balaban J connectivity index is 1.87. The van der Waals surface area contributed by atoms with Gasteiger partial charge in [0.25, 0.3) is 0 Å². The van der Waals surface area contributed by atoms with Crippen LogP contribution in [-0.4, -0.2) is 55.3 Å². The maximum Gasteiger partial charge on any atom is 0.329 e. The van der Waals surface area contributed by atoms with Gasteiger partial charge in [0, 0.05) is 0 Å². The van der Waals surface area contributed by atoms with Gasteiger partial charge >= 0.3 is 5.97 Å². The zero-order valence-electron chi connectivity index (χ0n) is 8.27. The number of rotatable bonds is 5. The summed E-state index contributed by atoms with van der Waals surface area (Å²) in [6.45, 7) is 0.00734. The Labute approximate surface area is 90.3 Å². The van der Waals surface area contributed by atoms with Gasteiger partial charge in [-0.15, -0.1) is 4.91 Å². The van der Waals surface area contributed by atoms with Crippen molar-refractivity contribution in [3.63, 3.8) is 0 Å². The summed E-state index contributed by atoms with van der Waals surface area (Å²) in [7, 11) is 0. The van der Waals surface area contributed by atoms with Crippen LogP contribution >= 0.6 is 0 Å². The number of carbonyl (C=O) groups is 1. The van der Waals surface area contributed by atoms with E-state index in [9.17, 15) is 9.70 Å². The first-order valence-corrected chi connectivity index (χ1v) is 4.77. The second-order valence-electron chi connectivity index (χ2n) is 3.56. The largest absolute Gasteiger partial charge is 0.480 e. The molecular formula is C8H11NO7. The van der Waals surface area contributed by atoms with Gasteiger partial charge in [-0.3, -0.25) is 0 Å². The van der Waals surface area contributed by atoms with E-state index in [-0.39, 0.29) is 13.2 Å². The van der Waals surface area contributed by atoms with Crippen LogP contribution in [0.3, 0.4) is 0 Å². The number of hydrogen-bond donors (Lipinski definition) is 1. The molecular weight excluding hydrogens is 222 g/mol. The highest BCUT2D eigenvalue weighted by molar-refractivity contribution is 5.68. The van der Waals surface area contributed by atoms with Crippen LogP contribution < -0.4 is 0 Å². The predicted octanol–water partition coefficient (Wildman–Crippen LogP) is -0.680. The fraction of sp³-hybridized carbons (Fsp3) is 0.875. The van der Waals surface area contributed by atoms with Gasteiger partial charge in [-0.2, -0.15) is 0 Å². The Bertz CT molecular complexity index is 284. The topological polar surface area (TPSA) is 104 Å². The zero-order chi connectivity index (χ0) is 11.5. The average molecular weight is 233 g/mol. The summed E-state index contributed by atoms with van der Waals surface area (Å²) < 4.78 is 15.7. The Morgan fingerprint density at radius 3 is 2.56 bits per heavy atom. The summed E-state index contributed by atoms with van der Waals surface area (Å²) in [5.74, 6) is -1.05. The SMILES string of the molecule is O=NO[C@@H]1CO[C@H]2[C@@H]1OC[C@@H]2OCC(=O)O. The van der Waals surface area contributed by atoms with E-state index in [0.29, 0.717) is 0 Å². The highest BCUT2D eigenvalue weighted by Crippen LogP contribution is 2.30. The predicted molar refractivity (Wildman–Crippen MR) is 47.5 cm³/mol. The molecule has 0 aliphatic carbocycles. The van der Waals surface area contributed by atoms with E-state index in [0.717, 1.165) is 0 Å². The minimum Gasteiger partial charge on any atom is -0.480 e. The van der Waals surface area contributed by atoms with Crippen LogP contribution in [0.25, 0.3) is 0 Å². The first-order chi connectivity index (χ1) is 7.72. The van der Waals surface area contributed by atoms with Crippen LogP contribution in [0.15, 0.2) is 5.34 Å². The number of aliphatic carboxylic acids is 1. The summed E-state index contributed by atoms with van der Waals surface area (Å²) in [5, 5.41) is 10.8. The zero-order valence-corrected chi connectivity index (χ0v) is 8.27. The molecule has 2 aliphatic rings. The van der Waals surface area contributed by atoms with E-state index in [1.54, 1.807) is 0 Å². The molecule has 0 bridgehead atoms. The van der Waals surface area contributed by atoms with Crippen LogP contribution in [0, 0.1) is 4.91 Å². The number of nitrogens with zero attached hydrogens (tertiary/aromatic N) is 1. The fourth-order valence-corrected chi connectivity index (χ4v) is 1.90. The smallest absolute Gasteiger partial charge is 0.329 e. The lowest BCUT2D eigenvalue weighted by molar-refractivity contribution is -0.146. The summed E-state index contributed by atoms with van der Waals surface area (Å²) in [6.07, 6.45) is -1.80. The second kappa shape index (κ2) is 4.73. The quantitative estimate of drug-likeness (QED) is 0.495. The summed E-state index contributed by atoms with van der Waals surface area (Å²) in [6, 6.07) is 0. The Hall–Kier alpha value is -1.25. The monoisotopic (exact) mass is 233 g/mol. The van der Waals surface area contributed by atoms with Crippen molar-refractivity contribution in [2.45, 2.75) is 24.4 Å². The third-order valence-electron chi connectivity index (χ3n) is 2.56. The van der Waals surface area contributed by atoms with Crippen LogP contribution in [0.2, 0.25) is 0 Å². The van der Waals surface area contributed by atoms with Gasteiger partial charge < -0.3 is 24.2 Å². The molecule has 2 aliphatic heterocycles. The van der Waals surface area contributed by atoms with Crippen molar-refractivity contribution >= 4 is 5.97 Å². The van der Waals surface area contributed by atoms with Crippen molar-refractivity contribution in [3.8, 4) is 0 Å². The van der Waals surface area contributed by atoms with Gasteiger partial charge in [-0.05, 0) is 0 Å². The minimum absolute atomic E-state index is 0.188. The van der Waals surface area contributed by atoms with Crippen LogP contribution in [0.1, 0.15) is 0 Å². The lowest BCUT2D eigenvalue weighted by atomic mass is 10.1. The van der Waals surface area contributed by atoms with Gasteiger partial charge in [0.15, 0.2) is 11.4 Å². The molecule has 16 heavy (non-hydrogen) atoms. The van der Waals surface area contributed by atoms with Crippen molar-refractivity contribution < 1.29 is 28.9 Å². The molecule has 8 nitrogen and oxygen atoms in total. The Kier molecular flexibility index (Phi) is 3.32. The van der Waals surface area contributed by atoms with E-state index in [1.807, 2.05) is 0 Å². The highest BCUT2D eigenvalue weighted by Gasteiger charge is 2.50. The van der Waals surface area contributed by atoms with E-state index in [1.165, 1.54) is 0 Å². The first-order valence-electron chi connectivity index (χ1n) is 4.77. The molecule has 0 saturated carbocycles. The number of ether oxygens (including phenoxy) is 3. The van der Waals surface area contributed by atoms with Crippen molar-refractivity contribution in [2.24, 2.45) is 5.34 Å². The molecule has 0 aromatic rings. The Morgan fingerprint density at radius 1 is 1.31 bits per heavy atom. The molecule has 4 atom stereocenters. The second-order valence-corrected chi connectivity index (χ2v) is 3.56. The number of carboxylic acids is 1. The van der Waals surface area contributed by atoms with E-state index < -0.39 is 37.0 Å².